The lowest BCUT2D eigenvalue weighted by molar-refractivity contribution is -0.140. The minimum Gasteiger partial charge on any atom is -0.497 e. The van der Waals surface area contributed by atoms with Gasteiger partial charge in [-0.1, -0.05) is 84.6 Å². The van der Waals surface area contributed by atoms with Crippen LogP contribution in [0.3, 0.4) is 0 Å². The van der Waals surface area contributed by atoms with Gasteiger partial charge in [-0.25, -0.2) is 8.42 Å². The molecule has 8 nitrogen and oxygen atoms in total. The van der Waals surface area contributed by atoms with Crippen LogP contribution in [0.5, 0.6) is 5.75 Å². The maximum Gasteiger partial charge on any atom is 0.264 e. The lowest BCUT2D eigenvalue weighted by Gasteiger charge is -2.34. The fraction of sp³-hybridized carbons (Fsp3) is 0.297. The highest BCUT2D eigenvalue weighted by Gasteiger charge is 2.35. The molecule has 1 saturated carbocycles. The second kappa shape index (κ2) is 15.5. The van der Waals surface area contributed by atoms with Crippen LogP contribution < -0.4 is 14.4 Å². The van der Waals surface area contributed by atoms with E-state index < -0.39 is 28.5 Å². The van der Waals surface area contributed by atoms with Gasteiger partial charge >= 0.3 is 0 Å². The summed E-state index contributed by atoms with van der Waals surface area (Å²) in [4.78, 5) is 30.2. The van der Waals surface area contributed by atoms with Crippen molar-refractivity contribution in [2.24, 2.45) is 0 Å². The first-order valence-electron chi connectivity index (χ1n) is 15.8. The highest BCUT2D eigenvalue weighted by atomic mass is 35.5. The van der Waals surface area contributed by atoms with Crippen molar-refractivity contribution in [2.45, 2.75) is 62.6 Å². The molecule has 4 aromatic carbocycles. The third-order valence-corrected chi connectivity index (χ3v) is 10.5. The lowest BCUT2D eigenvalue weighted by Crippen LogP contribution is -2.54. The van der Waals surface area contributed by atoms with E-state index in [9.17, 15) is 18.0 Å². The number of rotatable bonds is 13. The van der Waals surface area contributed by atoms with Crippen LogP contribution in [0, 0.1) is 6.92 Å². The topological polar surface area (TPSA) is 96.0 Å². The van der Waals surface area contributed by atoms with Crippen LogP contribution in [0.25, 0.3) is 0 Å². The van der Waals surface area contributed by atoms with Crippen molar-refractivity contribution >= 4 is 39.1 Å². The first-order chi connectivity index (χ1) is 22.6. The van der Waals surface area contributed by atoms with Gasteiger partial charge in [-0.15, -0.1) is 0 Å². The minimum atomic E-state index is -4.21. The minimum absolute atomic E-state index is 0.00729. The van der Waals surface area contributed by atoms with E-state index in [2.05, 4.69) is 5.32 Å². The van der Waals surface area contributed by atoms with Crippen molar-refractivity contribution in [1.82, 2.24) is 10.2 Å². The summed E-state index contributed by atoms with van der Waals surface area (Å²) in [5.74, 6) is -0.284. The Morgan fingerprint density at radius 2 is 1.55 bits per heavy atom. The molecule has 5 rings (SSSR count). The van der Waals surface area contributed by atoms with Gasteiger partial charge in [0.25, 0.3) is 10.0 Å². The van der Waals surface area contributed by atoms with Gasteiger partial charge in [0.1, 0.15) is 18.3 Å². The molecule has 2 amide bonds. The number of amides is 2. The van der Waals surface area contributed by atoms with E-state index in [4.69, 9.17) is 16.3 Å². The van der Waals surface area contributed by atoms with E-state index in [-0.39, 0.29) is 29.8 Å². The van der Waals surface area contributed by atoms with Crippen molar-refractivity contribution < 1.29 is 22.7 Å². The molecule has 10 heteroatoms. The molecule has 0 spiro atoms. The normalized spacial score (nSPS) is 13.9. The Morgan fingerprint density at radius 3 is 2.19 bits per heavy atom. The Kier molecular flexibility index (Phi) is 11.2. The maximum absolute atomic E-state index is 14.6. The number of hydrogen-bond acceptors (Lipinski definition) is 5. The second-order valence-electron chi connectivity index (χ2n) is 11.9. The van der Waals surface area contributed by atoms with Gasteiger partial charge < -0.3 is 15.0 Å². The third-order valence-electron chi connectivity index (χ3n) is 8.46. The molecule has 47 heavy (non-hydrogen) atoms. The maximum atomic E-state index is 14.6. The molecule has 1 fully saturated rings. The highest BCUT2D eigenvalue weighted by molar-refractivity contribution is 7.92. The number of carbonyl (C=O) groups is 2. The monoisotopic (exact) mass is 673 g/mol. The number of methoxy groups -OCH3 is 1. The van der Waals surface area contributed by atoms with E-state index in [1.54, 1.807) is 54.6 Å². The smallest absolute Gasteiger partial charge is 0.264 e. The van der Waals surface area contributed by atoms with E-state index in [0.29, 0.717) is 16.5 Å². The number of halogens is 1. The molecule has 4 aromatic rings. The SMILES string of the molecule is COc1ccc(S(=O)(=O)N(CC(=O)N(Cc2cccc(Cl)c2)[C@@H](Cc2ccccc2)C(=O)NC2CCCC2)c2ccc(C)cc2)cc1. The summed E-state index contributed by atoms with van der Waals surface area (Å²) in [5, 5.41) is 3.68. The molecule has 0 heterocycles. The highest BCUT2D eigenvalue weighted by Crippen LogP contribution is 2.27. The average molecular weight is 674 g/mol. The van der Waals surface area contributed by atoms with Crippen molar-refractivity contribution in [1.29, 1.82) is 0 Å². The molecule has 1 atom stereocenters. The van der Waals surface area contributed by atoms with Gasteiger partial charge in [0.15, 0.2) is 0 Å². The summed E-state index contributed by atoms with van der Waals surface area (Å²) >= 11 is 6.34. The molecule has 0 aromatic heterocycles. The van der Waals surface area contributed by atoms with Gasteiger partial charge in [0.05, 0.1) is 17.7 Å². The number of hydrogen-bond donors (Lipinski definition) is 1. The number of nitrogens with one attached hydrogen (secondary N) is 1. The fourth-order valence-corrected chi connectivity index (χ4v) is 7.50. The molecule has 1 N–H and O–H groups in total. The Morgan fingerprint density at radius 1 is 0.894 bits per heavy atom. The number of sulfonamides is 1. The molecular formula is C37H40ClN3O5S. The molecule has 0 radical (unpaired) electrons. The van der Waals surface area contributed by atoms with Gasteiger partial charge in [-0.3, -0.25) is 13.9 Å². The summed E-state index contributed by atoms with van der Waals surface area (Å²) in [7, 11) is -2.71. The molecule has 0 bridgehead atoms. The van der Waals surface area contributed by atoms with Crippen LogP contribution in [0.1, 0.15) is 42.4 Å². The number of nitrogens with zero attached hydrogens (tertiary/aromatic N) is 2. The molecule has 1 aliphatic rings. The largest absolute Gasteiger partial charge is 0.497 e. The second-order valence-corrected chi connectivity index (χ2v) is 14.2. The van der Waals surface area contributed by atoms with Gasteiger partial charge in [-0.2, -0.15) is 0 Å². The number of carbonyl (C=O) groups excluding carboxylic acids is 2. The van der Waals surface area contributed by atoms with Gasteiger partial charge in [0, 0.05) is 24.0 Å². The molecule has 0 aliphatic heterocycles. The summed E-state index contributed by atoms with van der Waals surface area (Å²) in [6.45, 7) is 1.43. The van der Waals surface area contributed by atoms with Crippen LogP contribution in [0.15, 0.2) is 108 Å². The zero-order valence-corrected chi connectivity index (χ0v) is 28.2. The molecule has 0 saturated heterocycles. The van der Waals surface area contributed by atoms with Crippen LogP contribution >= 0.6 is 11.6 Å². The summed E-state index contributed by atoms with van der Waals surface area (Å²) in [6.07, 6.45) is 4.09. The van der Waals surface area contributed by atoms with Crippen molar-refractivity contribution in [3.63, 3.8) is 0 Å². The number of ether oxygens (including phenoxy) is 1. The van der Waals surface area contributed by atoms with E-state index in [1.165, 1.54) is 24.1 Å². The molecular weight excluding hydrogens is 634 g/mol. The first-order valence-corrected chi connectivity index (χ1v) is 17.6. The molecule has 1 aliphatic carbocycles. The lowest BCUT2D eigenvalue weighted by atomic mass is 10.0. The van der Waals surface area contributed by atoms with E-state index in [1.807, 2.05) is 43.3 Å². The van der Waals surface area contributed by atoms with E-state index >= 15 is 0 Å². The van der Waals surface area contributed by atoms with Crippen LogP contribution in [-0.4, -0.2) is 50.9 Å². The third kappa shape index (κ3) is 8.73. The van der Waals surface area contributed by atoms with Crippen LogP contribution in [0.2, 0.25) is 5.02 Å². The number of anilines is 1. The summed E-state index contributed by atoms with van der Waals surface area (Å²) < 4.78 is 34.8. The Labute approximate surface area is 282 Å². The van der Waals surface area contributed by atoms with E-state index in [0.717, 1.165) is 46.7 Å². The van der Waals surface area contributed by atoms with Crippen molar-refractivity contribution in [2.75, 3.05) is 18.0 Å². The standard InChI is InChI=1S/C37H40ClN3O5S/c1-27-15-17-32(18-16-27)41(47(44,45)34-21-19-33(46-2)20-22-34)26-36(42)40(25-29-11-8-12-30(38)23-29)35(24-28-9-4-3-5-10-28)37(43)39-31-13-6-7-14-31/h3-5,8-12,15-23,31,35H,6-7,13-14,24-26H2,1-2H3,(H,39,43)/t35-/m0/s1. The van der Waals surface area contributed by atoms with Gasteiger partial charge in [-0.05, 0) is 79.4 Å². The Balaban J connectivity index is 1.56. The van der Waals surface area contributed by atoms with Crippen molar-refractivity contribution in [3.05, 3.63) is 125 Å². The molecule has 0 unspecified atom stereocenters. The predicted molar refractivity (Wildman–Crippen MR) is 185 cm³/mol. The summed E-state index contributed by atoms with van der Waals surface area (Å²) in [6, 6.07) is 28.8. The Bertz CT molecular complexity index is 1760. The quantitative estimate of drug-likeness (QED) is 0.174. The first kappa shape index (κ1) is 34.0. The zero-order valence-electron chi connectivity index (χ0n) is 26.6. The summed E-state index contributed by atoms with van der Waals surface area (Å²) in [5.41, 5.74) is 2.87. The predicted octanol–water partition coefficient (Wildman–Crippen LogP) is 6.55. The zero-order chi connectivity index (χ0) is 33.4. The van der Waals surface area contributed by atoms with Crippen LogP contribution in [0.4, 0.5) is 5.69 Å². The van der Waals surface area contributed by atoms with Gasteiger partial charge in [0.2, 0.25) is 11.8 Å². The number of benzene rings is 4. The molecule has 246 valence electrons. The average Bonchev–Trinajstić information content (AvgIpc) is 3.59. The number of aryl methyl sites for hydroxylation is 1. The Hall–Kier alpha value is -4.34. The fourth-order valence-electron chi connectivity index (χ4n) is 5.87. The van der Waals surface area contributed by atoms with Crippen molar-refractivity contribution in [3.8, 4) is 5.75 Å². The van der Waals surface area contributed by atoms with Crippen LogP contribution in [-0.2, 0) is 32.6 Å².